The predicted octanol–water partition coefficient (Wildman–Crippen LogP) is 3.21. The number of amides is 1. The lowest BCUT2D eigenvalue weighted by Crippen LogP contribution is -2.33. The quantitative estimate of drug-likeness (QED) is 0.594. The van der Waals surface area contributed by atoms with Gasteiger partial charge in [-0.2, -0.15) is 4.98 Å². The first-order valence-corrected chi connectivity index (χ1v) is 9.25. The number of hydrogen-bond donors (Lipinski definition) is 1. The first-order valence-electron chi connectivity index (χ1n) is 9.25. The van der Waals surface area contributed by atoms with Gasteiger partial charge in [-0.3, -0.25) is 9.69 Å². The van der Waals surface area contributed by atoms with Crippen LogP contribution in [0.15, 0.2) is 53.1 Å². The Morgan fingerprint density at radius 3 is 2.55 bits per heavy atom. The largest absolute Gasteiger partial charge is 0.497 e. The molecule has 1 heterocycles. The Morgan fingerprint density at radius 2 is 1.86 bits per heavy atom. The maximum atomic E-state index is 12.4. The van der Waals surface area contributed by atoms with E-state index < -0.39 is 0 Å². The third kappa shape index (κ3) is 5.32. The molecule has 0 saturated carbocycles. The molecule has 3 rings (SSSR count). The number of carbonyl (C=O) groups is 1. The van der Waals surface area contributed by atoms with Gasteiger partial charge < -0.3 is 19.3 Å². The molecule has 152 valence electrons. The van der Waals surface area contributed by atoms with E-state index in [0.717, 1.165) is 11.3 Å². The van der Waals surface area contributed by atoms with Crippen molar-refractivity contribution in [3.05, 3.63) is 54.4 Å². The number of likely N-dealkylation sites (N-methyl/N-ethyl adjacent to an activating group) is 1. The smallest absolute Gasteiger partial charge is 0.241 e. The van der Waals surface area contributed by atoms with Crippen molar-refractivity contribution in [2.24, 2.45) is 0 Å². The fourth-order valence-electron chi connectivity index (χ4n) is 2.79. The van der Waals surface area contributed by atoms with Crippen LogP contribution in [0.2, 0.25) is 0 Å². The van der Waals surface area contributed by atoms with Crippen LogP contribution < -0.4 is 14.8 Å². The second-order valence-electron chi connectivity index (χ2n) is 6.29. The van der Waals surface area contributed by atoms with Crippen molar-refractivity contribution in [3.63, 3.8) is 0 Å². The number of benzene rings is 2. The molecule has 0 radical (unpaired) electrons. The van der Waals surface area contributed by atoms with E-state index in [0.29, 0.717) is 36.2 Å². The Bertz CT molecular complexity index is 940. The fraction of sp³-hybridized carbons (Fsp3) is 0.286. The second-order valence-corrected chi connectivity index (χ2v) is 6.29. The van der Waals surface area contributed by atoms with Crippen molar-refractivity contribution in [2.45, 2.75) is 13.5 Å². The van der Waals surface area contributed by atoms with E-state index in [1.54, 1.807) is 26.4 Å². The van der Waals surface area contributed by atoms with E-state index in [1.165, 1.54) is 0 Å². The fourth-order valence-corrected chi connectivity index (χ4v) is 2.79. The molecule has 0 atom stereocenters. The summed E-state index contributed by atoms with van der Waals surface area (Å²) in [6, 6.07) is 14.7. The van der Waals surface area contributed by atoms with Gasteiger partial charge in [0.1, 0.15) is 11.5 Å². The van der Waals surface area contributed by atoms with E-state index in [2.05, 4.69) is 15.5 Å². The van der Waals surface area contributed by atoms with E-state index in [1.807, 2.05) is 48.2 Å². The van der Waals surface area contributed by atoms with Crippen molar-refractivity contribution in [1.82, 2.24) is 15.0 Å². The van der Waals surface area contributed by atoms with Crippen molar-refractivity contribution >= 4 is 11.6 Å². The zero-order valence-electron chi connectivity index (χ0n) is 16.7. The monoisotopic (exact) mass is 396 g/mol. The summed E-state index contributed by atoms with van der Waals surface area (Å²) in [5.41, 5.74) is 1.47. The number of para-hydroxylation sites is 2. The van der Waals surface area contributed by atoms with Crippen LogP contribution in [-0.4, -0.2) is 48.3 Å². The van der Waals surface area contributed by atoms with Gasteiger partial charge in [0.05, 0.1) is 33.0 Å². The summed E-state index contributed by atoms with van der Waals surface area (Å²) in [5, 5.41) is 6.90. The first kappa shape index (κ1) is 20.3. The van der Waals surface area contributed by atoms with Crippen LogP contribution in [0.25, 0.3) is 11.4 Å². The Labute approximate surface area is 169 Å². The van der Waals surface area contributed by atoms with Crippen LogP contribution in [-0.2, 0) is 11.3 Å². The van der Waals surface area contributed by atoms with Crippen molar-refractivity contribution in [2.75, 3.05) is 32.6 Å². The standard InChI is InChI=1S/C21H24N4O4/c1-4-25(13-19(26)22-17-7-5-6-8-18(17)28-3)14-20-23-21(24-29-20)15-9-11-16(27-2)12-10-15/h5-12H,4,13-14H2,1-3H3,(H,22,26). The average Bonchev–Trinajstić information content (AvgIpc) is 3.22. The lowest BCUT2D eigenvalue weighted by molar-refractivity contribution is -0.117. The Morgan fingerprint density at radius 1 is 1.10 bits per heavy atom. The van der Waals surface area contributed by atoms with E-state index in [4.69, 9.17) is 14.0 Å². The Kier molecular flexibility index (Phi) is 6.80. The highest BCUT2D eigenvalue weighted by Gasteiger charge is 2.16. The number of nitrogens with zero attached hydrogens (tertiary/aromatic N) is 3. The highest BCUT2D eigenvalue weighted by atomic mass is 16.5. The summed E-state index contributed by atoms with van der Waals surface area (Å²) in [4.78, 5) is 18.8. The Balaban J connectivity index is 1.61. The molecule has 0 aliphatic carbocycles. The van der Waals surface area contributed by atoms with Crippen LogP contribution in [0.5, 0.6) is 11.5 Å². The Hall–Kier alpha value is -3.39. The molecule has 2 aromatic carbocycles. The molecule has 8 nitrogen and oxygen atoms in total. The molecule has 0 bridgehead atoms. The van der Waals surface area contributed by atoms with Crippen LogP contribution >= 0.6 is 0 Å². The molecule has 0 spiro atoms. The SMILES string of the molecule is CCN(CC(=O)Nc1ccccc1OC)Cc1nc(-c2ccc(OC)cc2)no1. The van der Waals surface area contributed by atoms with Crippen LogP contribution in [0, 0.1) is 0 Å². The average molecular weight is 396 g/mol. The van der Waals surface area contributed by atoms with Crippen LogP contribution in [0.3, 0.4) is 0 Å². The van der Waals surface area contributed by atoms with Gasteiger partial charge in [0, 0.05) is 5.56 Å². The maximum absolute atomic E-state index is 12.4. The van der Waals surface area contributed by atoms with Gasteiger partial charge in [-0.1, -0.05) is 24.2 Å². The number of rotatable bonds is 9. The van der Waals surface area contributed by atoms with Gasteiger partial charge in [0.2, 0.25) is 17.6 Å². The molecule has 0 saturated heterocycles. The minimum Gasteiger partial charge on any atom is -0.497 e. The molecule has 1 amide bonds. The highest BCUT2D eigenvalue weighted by molar-refractivity contribution is 5.93. The van der Waals surface area contributed by atoms with Crippen molar-refractivity contribution in [3.8, 4) is 22.9 Å². The summed E-state index contributed by atoms with van der Waals surface area (Å²) >= 11 is 0. The zero-order valence-corrected chi connectivity index (χ0v) is 16.7. The lowest BCUT2D eigenvalue weighted by Gasteiger charge is -2.18. The zero-order chi connectivity index (χ0) is 20.6. The number of methoxy groups -OCH3 is 2. The van der Waals surface area contributed by atoms with Gasteiger partial charge in [0.25, 0.3) is 0 Å². The van der Waals surface area contributed by atoms with Gasteiger partial charge >= 0.3 is 0 Å². The second kappa shape index (κ2) is 9.70. The first-order chi connectivity index (χ1) is 14.1. The number of ether oxygens (including phenoxy) is 2. The number of aromatic nitrogens is 2. The van der Waals surface area contributed by atoms with Crippen LogP contribution in [0.4, 0.5) is 5.69 Å². The highest BCUT2D eigenvalue weighted by Crippen LogP contribution is 2.23. The summed E-state index contributed by atoms with van der Waals surface area (Å²) in [7, 11) is 3.18. The third-order valence-corrected chi connectivity index (χ3v) is 4.37. The van der Waals surface area contributed by atoms with Gasteiger partial charge in [-0.05, 0) is 42.9 Å². The molecule has 0 unspecified atom stereocenters. The molecule has 3 aromatic rings. The van der Waals surface area contributed by atoms with Gasteiger partial charge in [-0.15, -0.1) is 0 Å². The summed E-state index contributed by atoms with van der Waals surface area (Å²) in [6.45, 7) is 3.19. The molecule has 0 fully saturated rings. The normalized spacial score (nSPS) is 10.8. The summed E-state index contributed by atoms with van der Waals surface area (Å²) in [5.74, 6) is 2.17. The lowest BCUT2D eigenvalue weighted by atomic mass is 10.2. The van der Waals surface area contributed by atoms with E-state index in [-0.39, 0.29) is 12.5 Å². The number of anilines is 1. The molecular formula is C21H24N4O4. The molecule has 0 aliphatic rings. The third-order valence-electron chi connectivity index (χ3n) is 4.37. The number of carbonyl (C=O) groups excluding carboxylic acids is 1. The predicted molar refractivity (Wildman–Crippen MR) is 109 cm³/mol. The molecule has 0 aliphatic heterocycles. The van der Waals surface area contributed by atoms with Gasteiger partial charge in [0.15, 0.2) is 0 Å². The van der Waals surface area contributed by atoms with Crippen molar-refractivity contribution < 1.29 is 18.8 Å². The minimum absolute atomic E-state index is 0.147. The number of hydrogen-bond acceptors (Lipinski definition) is 7. The molecule has 1 N–H and O–H groups in total. The molecule has 29 heavy (non-hydrogen) atoms. The maximum Gasteiger partial charge on any atom is 0.241 e. The van der Waals surface area contributed by atoms with Crippen molar-refractivity contribution in [1.29, 1.82) is 0 Å². The van der Waals surface area contributed by atoms with E-state index in [9.17, 15) is 4.79 Å². The van der Waals surface area contributed by atoms with Crippen LogP contribution in [0.1, 0.15) is 12.8 Å². The minimum atomic E-state index is -0.147. The number of nitrogens with one attached hydrogen (secondary N) is 1. The summed E-state index contributed by atoms with van der Waals surface area (Å²) in [6.07, 6.45) is 0. The van der Waals surface area contributed by atoms with Gasteiger partial charge in [-0.25, -0.2) is 0 Å². The topological polar surface area (TPSA) is 89.7 Å². The molecule has 8 heteroatoms. The van der Waals surface area contributed by atoms with E-state index >= 15 is 0 Å². The molecule has 1 aromatic heterocycles. The summed E-state index contributed by atoms with van der Waals surface area (Å²) < 4.78 is 15.8. The molecular weight excluding hydrogens is 372 g/mol.